The minimum Gasteiger partial charge on any atom is -0.493 e. The molecule has 5 aliphatic rings. The number of nitro benzene ring substituents is 1. The number of hydrogen-bond donors (Lipinski definition) is 1. The van der Waals surface area contributed by atoms with Crippen LogP contribution < -0.4 is 19.7 Å². The highest BCUT2D eigenvalue weighted by atomic mass is 16.6. The molecule has 40 heavy (non-hydrogen) atoms. The van der Waals surface area contributed by atoms with Gasteiger partial charge in [0.15, 0.2) is 11.5 Å². The summed E-state index contributed by atoms with van der Waals surface area (Å²) in [7, 11) is 3.13. The molecule has 214 valence electrons. The zero-order valence-electron chi connectivity index (χ0n) is 23.7. The summed E-state index contributed by atoms with van der Waals surface area (Å²) in [6.07, 6.45) is 7.87. The first-order valence-corrected chi connectivity index (χ1v) is 14.6. The van der Waals surface area contributed by atoms with Gasteiger partial charge in [0.05, 0.1) is 19.1 Å². The predicted molar refractivity (Wildman–Crippen MR) is 154 cm³/mol. The molecule has 9 heteroatoms. The molecule has 1 N–H and O–H groups in total. The number of carbonyl (C=O) groups is 1. The number of hydrogen-bond acceptors (Lipinski definition) is 7. The van der Waals surface area contributed by atoms with Gasteiger partial charge in [0.1, 0.15) is 5.69 Å². The maximum absolute atomic E-state index is 13.2. The Morgan fingerprint density at radius 2 is 1.57 bits per heavy atom. The van der Waals surface area contributed by atoms with Crippen molar-refractivity contribution in [3.8, 4) is 11.5 Å². The number of anilines is 2. The number of nitrogens with zero attached hydrogens (tertiary/aromatic N) is 3. The maximum atomic E-state index is 13.2. The van der Waals surface area contributed by atoms with Crippen LogP contribution in [-0.2, 0) is 0 Å². The van der Waals surface area contributed by atoms with E-state index >= 15 is 0 Å². The number of nitrogens with one attached hydrogen (secondary N) is 1. The summed E-state index contributed by atoms with van der Waals surface area (Å²) < 4.78 is 10.7. The van der Waals surface area contributed by atoms with E-state index in [9.17, 15) is 14.9 Å². The SMILES string of the molecule is COc1ccc(C(=O)N2CCN(c3ccc([N+](=O)[O-])c(NC(C)C45CC6CC(CC(C6)C4)C5)c3)CC2)cc1OC. The third kappa shape index (κ3) is 4.84. The van der Waals surface area contributed by atoms with Crippen molar-refractivity contribution in [3.05, 3.63) is 52.1 Å². The Labute approximate surface area is 236 Å². The molecule has 1 unspecified atom stereocenters. The molecule has 4 aliphatic carbocycles. The van der Waals surface area contributed by atoms with Crippen LogP contribution in [0.25, 0.3) is 0 Å². The molecule has 4 bridgehead atoms. The summed E-state index contributed by atoms with van der Waals surface area (Å²) in [4.78, 5) is 28.9. The van der Waals surface area contributed by atoms with Gasteiger partial charge < -0.3 is 24.6 Å². The first-order valence-electron chi connectivity index (χ1n) is 14.6. The lowest BCUT2D eigenvalue weighted by Gasteiger charge is -2.59. The molecule has 0 radical (unpaired) electrons. The minimum absolute atomic E-state index is 0.0453. The van der Waals surface area contributed by atoms with Crippen LogP contribution in [0.15, 0.2) is 36.4 Å². The number of rotatable bonds is 8. The van der Waals surface area contributed by atoms with Crippen molar-refractivity contribution >= 4 is 23.0 Å². The fraction of sp³-hybridized carbons (Fsp3) is 0.581. The second-order valence-corrected chi connectivity index (χ2v) is 12.5. The summed E-state index contributed by atoms with van der Waals surface area (Å²) in [5.74, 6) is 3.56. The number of carbonyl (C=O) groups excluding carboxylic acids is 1. The van der Waals surface area contributed by atoms with Crippen LogP contribution in [0.3, 0.4) is 0 Å². The number of nitro groups is 1. The van der Waals surface area contributed by atoms with E-state index in [0.717, 1.165) is 23.4 Å². The summed E-state index contributed by atoms with van der Waals surface area (Å²) in [6.45, 7) is 4.68. The lowest BCUT2D eigenvalue weighted by Crippen LogP contribution is -2.53. The van der Waals surface area contributed by atoms with Gasteiger partial charge in [0, 0.05) is 49.5 Å². The number of ether oxygens (including phenoxy) is 2. The van der Waals surface area contributed by atoms with Crippen LogP contribution in [0, 0.1) is 33.3 Å². The molecule has 1 heterocycles. The highest BCUT2D eigenvalue weighted by Gasteiger charge is 2.53. The lowest BCUT2D eigenvalue weighted by atomic mass is 9.48. The van der Waals surface area contributed by atoms with Crippen molar-refractivity contribution in [3.63, 3.8) is 0 Å². The summed E-state index contributed by atoms with van der Waals surface area (Å²) in [5, 5.41) is 15.6. The summed E-state index contributed by atoms with van der Waals surface area (Å²) >= 11 is 0. The predicted octanol–water partition coefficient (Wildman–Crippen LogP) is 5.59. The smallest absolute Gasteiger partial charge is 0.292 e. The van der Waals surface area contributed by atoms with E-state index in [2.05, 4.69) is 17.1 Å². The molecule has 0 aromatic heterocycles. The molecule has 2 aromatic carbocycles. The average molecular weight is 549 g/mol. The van der Waals surface area contributed by atoms with Crippen molar-refractivity contribution in [1.29, 1.82) is 0 Å². The maximum Gasteiger partial charge on any atom is 0.292 e. The largest absolute Gasteiger partial charge is 0.493 e. The Balaban J connectivity index is 1.15. The van der Waals surface area contributed by atoms with E-state index in [1.807, 2.05) is 17.0 Å². The molecule has 1 aliphatic heterocycles. The van der Waals surface area contributed by atoms with Gasteiger partial charge in [-0.15, -0.1) is 0 Å². The molecule has 5 fully saturated rings. The van der Waals surface area contributed by atoms with E-state index in [1.165, 1.54) is 38.5 Å². The first kappa shape index (κ1) is 26.7. The van der Waals surface area contributed by atoms with Crippen LogP contribution in [-0.4, -0.2) is 62.2 Å². The Morgan fingerprint density at radius 3 is 2.15 bits per heavy atom. The van der Waals surface area contributed by atoms with Crippen molar-refractivity contribution in [2.24, 2.45) is 23.2 Å². The van der Waals surface area contributed by atoms with Crippen LogP contribution in [0.2, 0.25) is 0 Å². The van der Waals surface area contributed by atoms with Crippen molar-refractivity contribution in [2.75, 3.05) is 50.6 Å². The van der Waals surface area contributed by atoms with Crippen LogP contribution in [0.4, 0.5) is 17.1 Å². The van der Waals surface area contributed by atoms with E-state index < -0.39 is 0 Å². The number of piperazine rings is 1. The van der Waals surface area contributed by atoms with Gasteiger partial charge in [0.2, 0.25) is 0 Å². The zero-order chi connectivity index (χ0) is 28.0. The third-order valence-corrected chi connectivity index (χ3v) is 10.1. The van der Waals surface area contributed by atoms with Crippen molar-refractivity contribution < 1.29 is 19.2 Å². The normalized spacial score (nSPS) is 27.8. The Hall–Kier alpha value is -3.49. The number of benzene rings is 2. The van der Waals surface area contributed by atoms with Gasteiger partial charge in [0.25, 0.3) is 11.6 Å². The second-order valence-electron chi connectivity index (χ2n) is 12.5. The quantitative estimate of drug-likeness (QED) is 0.339. The third-order valence-electron chi connectivity index (χ3n) is 10.1. The second kappa shape index (κ2) is 10.5. The fourth-order valence-corrected chi connectivity index (χ4v) is 8.41. The van der Waals surface area contributed by atoms with Gasteiger partial charge >= 0.3 is 0 Å². The molecule has 0 spiro atoms. The summed E-state index contributed by atoms with van der Waals surface area (Å²) in [5.41, 5.74) is 2.49. The minimum atomic E-state index is -0.280. The molecule has 1 atom stereocenters. The highest BCUT2D eigenvalue weighted by molar-refractivity contribution is 5.95. The van der Waals surface area contributed by atoms with E-state index in [4.69, 9.17) is 9.47 Å². The molecular weight excluding hydrogens is 508 g/mol. The van der Waals surface area contributed by atoms with Crippen LogP contribution in [0.1, 0.15) is 55.8 Å². The zero-order valence-corrected chi connectivity index (χ0v) is 23.7. The van der Waals surface area contributed by atoms with Crippen LogP contribution in [0.5, 0.6) is 11.5 Å². The van der Waals surface area contributed by atoms with E-state index in [-0.39, 0.29) is 28.0 Å². The molecule has 1 saturated heterocycles. The molecule has 1 amide bonds. The van der Waals surface area contributed by atoms with Gasteiger partial charge in [-0.2, -0.15) is 0 Å². The topological polar surface area (TPSA) is 97.2 Å². The van der Waals surface area contributed by atoms with Gasteiger partial charge in [-0.05, 0) is 98.9 Å². The standard InChI is InChI=1S/C31H40N4O5/c1-20(31-17-21-12-22(18-31)14-23(13-21)19-31)32-26-16-25(5-6-27(26)35(37)38)33-8-10-34(11-9-33)30(36)24-4-7-28(39-2)29(15-24)40-3/h4-7,15-16,20-23,32H,8-14,17-19H2,1-3H3. The average Bonchev–Trinajstić information content (AvgIpc) is 2.95. The molecule has 2 aromatic rings. The van der Waals surface area contributed by atoms with E-state index in [1.54, 1.807) is 38.5 Å². The molecule has 7 rings (SSSR count). The van der Waals surface area contributed by atoms with Crippen molar-refractivity contribution in [1.82, 2.24) is 4.90 Å². The van der Waals surface area contributed by atoms with Gasteiger partial charge in [-0.1, -0.05) is 0 Å². The lowest BCUT2D eigenvalue weighted by molar-refractivity contribution is -0.384. The van der Waals surface area contributed by atoms with Crippen molar-refractivity contribution in [2.45, 2.75) is 51.5 Å². The summed E-state index contributed by atoms with van der Waals surface area (Å²) in [6, 6.07) is 10.8. The highest BCUT2D eigenvalue weighted by Crippen LogP contribution is 2.61. The van der Waals surface area contributed by atoms with Gasteiger partial charge in [-0.25, -0.2) is 0 Å². The first-order chi connectivity index (χ1) is 19.3. The van der Waals surface area contributed by atoms with Gasteiger partial charge in [-0.3, -0.25) is 14.9 Å². The molecule has 4 saturated carbocycles. The Morgan fingerprint density at radius 1 is 0.950 bits per heavy atom. The van der Waals surface area contributed by atoms with Crippen LogP contribution >= 0.6 is 0 Å². The molecular formula is C31H40N4O5. The van der Waals surface area contributed by atoms with E-state index in [0.29, 0.717) is 48.9 Å². The Bertz CT molecular complexity index is 1250. The number of methoxy groups -OCH3 is 2. The number of amides is 1. The fourth-order valence-electron chi connectivity index (χ4n) is 8.41. The monoisotopic (exact) mass is 548 g/mol. The molecule has 9 nitrogen and oxygen atoms in total. The Kier molecular flexibility index (Phi) is 7.00.